The Bertz CT molecular complexity index is 1730. The van der Waals surface area contributed by atoms with Crippen molar-refractivity contribution in [1.82, 2.24) is 15.0 Å². The van der Waals surface area contributed by atoms with Crippen LogP contribution in [0.5, 0.6) is 0 Å². The van der Waals surface area contributed by atoms with Gasteiger partial charge in [0.2, 0.25) is 0 Å². The lowest BCUT2D eigenvalue weighted by Crippen LogP contribution is -2.04. The minimum Gasteiger partial charge on any atom is -0.213 e. The van der Waals surface area contributed by atoms with Crippen LogP contribution in [-0.2, 0) is 12.8 Å². The van der Waals surface area contributed by atoms with Gasteiger partial charge < -0.3 is 0 Å². The Kier molecular flexibility index (Phi) is 5.32. The third-order valence-electron chi connectivity index (χ3n) is 7.20. The first-order chi connectivity index (χ1) is 18.3. The molecule has 0 atom stereocenters. The normalized spacial score (nSPS) is 12.6. The summed E-state index contributed by atoms with van der Waals surface area (Å²) in [5.74, 6) is 2.18. The molecule has 3 nitrogen and oxygen atoms in total. The Morgan fingerprint density at radius 3 is 1.92 bits per heavy atom. The molecule has 1 aliphatic rings. The van der Waals surface area contributed by atoms with E-state index in [4.69, 9.17) is 15.0 Å². The predicted molar refractivity (Wildman–Crippen MR) is 152 cm³/mol. The third-order valence-corrected chi connectivity index (χ3v) is 7.20. The first-order valence-electron chi connectivity index (χ1n) is 12.8. The van der Waals surface area contributed by atoms with E-state index < -0.39 is 0 Å². The highest BCUT2D eigenvalue weighted by Crippen LogP contribution is 2.37. The number of fused-ring (bicyclic) bond motifs is 6. The Balaban J connectivity index is 1.37. The quantitative estimate of drug-likeness (QED) is 0.242. The van der Waals surface area contributed by atoms with E-state index in [0.29, 0.717) is 18.1 Å². The largest absolute Gasteiger partial charge is 0.213 e. The van der Waals surface area contributed by atoms with Gasteiger partial charge in [0.05, 0.1) is 0 Å². The maximum Gasteiger partial charge on any atom is 0.163 e. The van der Waals surface area contributed by atoms with Crippen LogP contribution >= 0.6 is 0 Å². The first kappa shape index (κ1) is 21.6. The number of benzene rings is 5. The molecule has 1 aliphatic carbocycles. The Morgan fingerprint density at radius 1 is 0.568 bits per heavy atom. The lowest BCUT2D eigenvalue weighted by atomic mass is 9.86. The summed E-state index contributed by atoms with van der Waals surface area (Å²) in [5, 5.41) is 5.29. The average Bonchev–Trinajstić information content (AvgIpc) is 2.98. The summed E-state index contributed by atoms with van der Waals surface area (Å²) in [6.07, 6.45) is 7.44. The molecule has 0 bridgehead atoms. The van der Waals surface area contributed by atoms with Crippen molar-refractivity contribution in [2.75, 3.05) is 0 Å². The van der Waals surface area contributed by atoms with Crippen LogP contribution in [0.4, 0.5) is 0 Å². The van der Waals surface area contributed by atoms with E-state index in [2.05, 4.69) is 54.6 Å². The van der Waals surface area contributed by atoms with Gasteiger partial charge in [-0.25, -0.2) is 15.0 Å². The minimum absolute atomic E-state index is 0.638. The zero-order valence-corrected chi connectivity index (χ0v) is 20.4. The molecule has 0 saturated carbocycles. The number of hydrogen-bond donors (Lipinski definition) is 0. The standard InChI is InChI=1S/C34H25N3/c1-3-11-24(12-4-1)33-35-32(36-34(37-33)25-13-5-2-6-14-25)22-23-19-20-30-28-17-8-7-15-26(28)27-16-9-10-18-29(27)31(30)21-23/h1-6,8-14,16-21H,7,15,22H2. The zero-order valence-electron chi connectivity index (χ0n) is 20.4. The zero-order chi connectivity index (χ0) is 24.6. The van der Waals surface area contributed by atoms with E-state index in [1.165, 1.54) is 38.2 Å². The number of hydrogen-bond acceptors (Lipinski definition) is 3. The van der Waals surface area contributed by atoms with E-state index in [1.807, 2.05) is 60.7 Å². The van der Waals surface area contributed by atoms with Crippen molar-refractivity contribution in [2.45, 2.75) is 19.3 Å². The van der Waals surface area contributed by atoms with Crippen LogP contribution in [0, 0.1) is 0 Å². The highest BCUT2D eigenvalue weighted by atomic mass is 15.0. The molecule has 1 aromatic heterocycles. The van der Waals surface area contributed by atoms with Gasteiger partial charge in [-0.05, 0) is 51.1 Å². The molecule has 1 heterocycles. The second-order valence-electron chi connectivity index (χ2n) is 9.57. The molecule has 3 heteroatoms. The van der Waals surface area contributed by atoms with Gasteiger partial charge in [-0.15, -0.1) is 0 Å². The molecule has 0 spiro atoms. The predicted octanol–water partition coefficient (Wildman–Crippen LogP) is 8.06. The lowest BCUT2D eigenvalue weighted by molar-refractivity contribution is 0.933. The van der Waals surface area contributed by atoms with Crippen LogP contribution < -0.4 is 0 Å². The molecule has 0 radical (unpaired) electrons. The van der Waals surface area contributed by atoms with Crippen LogP contribution in [-0.4, -0.2) is 15.0 Å². The number of aryl methyl sites for hydroxylation is 1. The molecular formula is C34H25N3. The second kappa shape index (κ2) is 9.11. The molecule has 0 N–H and O–H groups in total. The maximum atomic E-state index is 4.90. The molecule has 0 aliphatic heterocycles. The Hall–Kier alpha value is -4.63. The van der Waals surface area contributed by atoms with Gasteiger partial charge in [0.1, 0.15) is 5.82 Å². The van der Waals surface area contributed by atoms with Gasteiger partial charge in [-0.1, -0.05) is 115 Å². The van der Waals surface area contributed by atoms with Crippen molar-refractivity contribution >= 4 is 27.6 Å². The van der Waals surface area contributed by atoms with E-state index in [9.17, 15) is 0 Å². The highest BCUT2D eigenvalue weighted by Gasteiger charge is 2.16. The minimum atomic E-state index is 0.638. The Labute approximate surface area is 216 Å². The number of aromatic nitrogens is 3. The van der Waals surface area contributed by atoms with Crippen molar-refractivity contribution in [1.29, 1.82) is 0 Å². The molecule has 6 aromatic rings. The van der Waals surface area contributed by atoms with Gasteiger partial charge in [0.15, 0.2) is 11.6 Å². The average molecular weight is 476 g/mol. The molecular weight excluding hydrogens is 450 g/mol. The summed E-state index contributed by atoms with van der Waals surface area (Å²) in [6, 6.07) is 35.9. The van der Waals surface area contributed by atoms with E-state index in [-0.39, 0.29) is 0 Å². The fourth-order valence-electron chi connectivity index (χ4n) is 5.45. The van der Waals surface area contributed by atoms with Crippen LogP contribution in [0.1, 0.15) is 28.9 Å². The van der Waals surface area contributed by atoms with Crippen molar-refractivity contribution < 1.29 is 0 Å². The number of nitrogens with zero attached hydrogens (tertiary/aromatic N) is 3. The van der Waals surface area contributed by atoms with Gasteiger partial charge in [-0.3, -0.25) is 0 Å². The molecule has 176 valence electrons. The second-order valence-corrected chi connectivity index (χ2v) is 9.57. The van der Waals surface area contributed by atoms with Crippen LogP contribution in [0.3, 0.4) is 0 Å². The summed E-state index contributed by atoms with van der Waals surface area (Å²) in [5.41, 5.74) is 6.01. The molecule has 5 aromatic carbocycles. The summed E-state index contributed by atoms with van der Waals surface area (Å²) < 4.78 is 0. The molecule has 0 fully saturated rings. The van der Waals surface area contributed by atoms with Crippen molar-refractivity contribution in [3.05, 3.63) is 132 Å². The number of allylic oxidation sites excluding steroid dienone is 1. The van der Waals surface area contributed by atoms with Gasteiger partial charge in [0.25, 0.3) is 0 Å². The molecule has 37 heavy (non-hydrogen) atoms. The molecule has 0 unspecified atom stereocenters. The van der Waals surface area contributed by atoms with Crippen LogP contribution in [0.2, 0.25) is 0 Å². The van der Waals surface area contributed by atoms with Gasteiger partial charge in [0, 0.05) is 17.5 Å². The number of rotatable bonds is 4. The molecule has 0 saturated heterocycles. The first-order valence-corrected chi connectivity index (χ1v) is 12.8. The fourth-order valence-corrected chi connectivity index (χ4v) is 5.45. The van der Waals surface area contributed by atoms with Crippen LogP contribution in [0.25, 0.3) is 50.4 Å². The SMILES string of the molecule is C1=Cc2c(c3ccccc3c3cc(Cc4nc(-c5ccccc5)nc(-c5ccccc5)n4)ccc23)CC1. The monoisotopic (exact) mass is 475 g/mol. The van der Waals surface area contributed by atoms with E-state index in [1.54, 1.807) is 0 Å². The van der Waals surface area contributed by atoms with Crippen molar-refractivity contribution in [2.24, 2.45) is 0 Å². The molecule has 7 rings (SSSR count). The topological polar surface area (TPSA) is 38.7 Å². The van der Waals surface area contributed by atoms with Gasteiger partial charge in [-0.2, -0.15) is 0 Å². The smallest absolute Gasteiger partial charge is 0.163 e. The third kappa shape index (κ3) is 3.99. The van der Waals surface area contributed by atoms with Crippen molar-refractivity contribution in [3.63, 3.8) is 0 Å². The van der Waals surface area contributed by atoms with Crippen LogP contribution in [0.15, 0.2) is 109 Å². The lowest BCUT2D eigenvalue weighted by Gasteiger charge is -2.18. The molecule has 0 amide bonds. The highest BCUT2D eigenvalue weighted by molar-refractivity contribution is 6.13. The van der Waals surface area contributed by atoms with Gasteiger partial charge >= 0.3 is 0 Å². The van der Waals surface area contributed by atoms with E-state index >= 15 is 0 Å². The van der Waals surface area contributed by atoms with Crippen molar-refractivity contribution in [3.8, 4) is 22.8 Å². The summed E-state index contributed by atoms with van der Waals surface area (Å²) in [6.45, 7) is 0. The summed E-state index contributed by atoms with van der Waals surface area (Å²) in [7, 11) is 0. The van der Waals surface area contributed by atoms with E-state index in [0.717, 1.165) is 29.8 Å². The maximum absolute atomic E-state index is 4.90. The fraction of sp³-hybridized carbons (Fsp3) is 0.0882. The summed E-state index contributed by atoms with van der Waals surface area (Å²) >= 11 is 0. The summed E-state index contributed by atoms with van der Waals surface area (Å²) in [4.78, 5) is 14.6. The Morgan fingerprint density at radius 2 is 1.22 bits per heavy atom.